The average molecular weight is 279 g/mol. The maximum Gasteiger partial charge on any atom is 0.192 e. The summed E-state index contributed by atoms with van der Waals surface area (Å²) < 4.78 is 27.7. The Labute approximate surface area is 117 Å². The number of aliphatic imine (C=N–C) groups is 1. The van der Waals surface area contributed by atoms with Gasteiger partial charge in [-0.1, -0.05) is 25.0 Å². The molecule has 0 spiro atoms. The smallest absolute Gasteiger partial charge is 0.192 e. The summed E-state index contributed by atoms with van der Waals surface area (Å²) in [5.74, 6) is -1.16. The normalized spacial score (nSPS) is 27.1. The van der Waals surface area contributed by atoms with Gasteiger partial charge in [0.25, 0.3) is 0 Å². The van der Waals surface area contributed by atoms with Gasteiger partial charge in [0.1, 0.15) is 0 Å². The van der Waals surface area contributed by atoms with Gasteiger partial charge >= 0.3 is 0 Å². The average Bonchev–Trinajstić information content (AvgIpc) is 3.02. The van der Waals surface area contributed by atoms with Crippen molar-refractivity contribution in [3.63, 3.8) is 0 Å². The molecule has 1 fully saturated rings. The second kappa shape index (κ2) is 4.72. The highest BCUT2D eigenvalue weighted by Crippen LogP contribution is 2.39. The van der Waals surface area contributed by atoms with Crippen molar-refractivity contribution in [3.8, 4) is 0 Å². The van der Waals surface area contributed by atoms with Crippen molar-refractivity contribution >= 4 is 5.96 Å². The number of nitrogens with zero attached hydrogens (tertiary/aromatic N) is 2. The Morgan fingerprint density at radius 1 is 1.30 bits per heavy atom. The summed E-state index contributed by atoms with van der Waals surface area (Å²) >= 11 is 0. The molecule has 1 heterocycles. The third kappa shape index (κ3) is 1.87. The van der Waals surface area contributed by atoms with Gasteiger partial charge in [0, 0.05) is 11.6 Å². The van der Waals surface area contributed by atoms with E-state index in [1.165, 1.54) is 0 Å². The second-order valence-corrected chi connectivity index (χ2v) is 5.86. The van der Waals surface area contributed by atoms with Gasteiger partial charge in [-0.15, -0.1) is 0 Å². The maximum atomic E-state index is 14.2. The van der Waals surface area contributed by atoms with Gasteiger partial charge in [-0.25, -0.2) is 8.78 Å². The first-order valence-corrected chi connectivity index (χ1v) is 7.08. The van der Waals surface area contributed by atoms with Crippen LogP contribution < -0.4 is 5.73 Å². The Bertz CT molecular complexity index is 552. The van der Waals surface area contributed by atoms with Crippen LogP contribution in [0.4, 0.5) is 8.78 Å². The van der Waals surface area contributed by atoms with Crippen LogP contribution in [0.2, 0.25) is 0 Å². The van der Waals surface area contributed by atoms with E-state index in [1.54, 1.807) is 12.1 Å². The number of halogens is 2. The van der Waals surface area contributed by atoms with Gasteiger partial charge in [0.2, 0.25) is 0 Å². The molecule has 1 saturated carbocycles. The maximum absolute atomic E-state index is 14.2. The molecular formula is C15H19F2N3. The Balaban J connectivity index is 2.03. The number of rotatable bonds is 2. The minimum Gasteiger partial charge on any atom is -0.370 e. The third-order valence-electron chi connectivity index (χ3n) is 4.55. The predicted octanol–water partition coefficient (Wildman–Crippen LogP) is 2.75. The van der Waals surface area contributed by atoms with Crippen LogP contribution in [-0.2, 0) is 5.54 Å². The van der Waals surface area contributed by atoms with E-state index in [0.717, 1.165) is 31.7 Å². The zero-order valence-corrected chi connectivity index (χ0v) is 11.6. The second-order valence-electron chi connectivity index (χ2n) is 5.86. The minimum absolute atomic E-state index is 0.272. The zero-order valence-electron chi connectivity index (χ0n) is 11.6. The summed E-state index contributed by atoms with van der Waals surface area (Å²) in [5.41, 5.74) is 5.67. The lowest BCUT2D eigenvalue weighted by molar-refractivity contribution is 0.161. The molecule has 108 valence electrons. The summed E-state index contributed by atoms with van der Waals surface area (Å²) in [5, 5.41) is 0. The Morgan fingerprint density at radius 2 is 2.00 bits per heavy atom. The first kappa shape index (κ1) is 13.3. The molecule has 2 N–H and O–H groups in total. The fourth-order valence-corrected chi connectivity index (χ4v) is 3.53. The number of nitrogens with two attached hydrogens (primary N) is 1. The highest BCUT2D eigenvalue weighted by molar-refractivity contribution is 5.81. The molecule has 5 heteroatoms. The van der Waals surface area contributed by atoms with Gasteiger partial charge in [-0.2, -0.15) is 0 Å². The zero-order chi connectivity index (χ0) is 14.3. The largest absolute Gasteiger partial charge is 0.370 e. The highest BCUT2D eigenvalue weighted by atomic mass is 19.2. The molecule has 1 atom stereocenters. The standard InChI is InChI=1S/C15H19F2N3/c1-15(11-7-4-8-12(16)13(11)17)9-19-14(18)20(15)10-5-2-3-6-10/h4,7-8,10H,2-3,5-6,9H2,1H3,(H2,18,19). The summed E-state index contributed by atoms with van der Waals surface area (Å²) in [7, 11) is 0. The van der Waals surface area contributed by atoms with E-state index < -0.39 is 17.2 Å². The molecule has 2 aliphatic rings. The Hall–Kier alpha value is -1.65. The summed E-state index contributed by atoms with van der Waals surface area (Å²) in [4.78, 5) is 6.29. The predicted molar refractivity (Wildman–Crippen MR) is 74.3 cm³/mol. The van der Waals surface area contributed by atoms with Crippen LogP contribution in [0.3, 0.4) is 0 Å². The lowest BCUT2D eigenvalue weighted by Crippen LogP contribution is -2.52. The minimum atomic E-state index is -0.819. The lowest BCUT2D eigenvalue weighted by Gasteiger charge is -2.41. The van der Waals surface area contributed by atoms with Crippen LogP contribution in [0.1, 0.15) is 38.2 Å². The molecule has 1 aromatic rings. The number of hydrogen-bond donors (Lipinski definition) is 1. The van der Waals surface area contributed by atoms with E-state index in [1.807, 2.05) is 11.8 Å². The molecule has 3 nitrogen and oxygen atoms in total. The van der Waals surface area contributed by atoms with Crippen LogP contribution >= 0.6 is 0 Å². The van der Waals surface area contributed by atoms with Crippen molar-refractivity contribution in [1.82, 2.24) is 4.90 Å². The lowest BCUT2D eigenvalue weighted by atomic mass is 9.89. The molecule has 20 heavy (non-hydrogen) atoms. The van der Waals surface area contributed by atoms with Crippen LogP contribution in [0.25, 0.3) is 0 Å². The molecule has 1 aliphatic carbocycles. The van der Waals surface area contributed by atoms with E-state index >= 15 is 0 Å². The van der Waals surface area contributed by atoms with Crippen molar-refractivity contribution in [2.24, 2.45) is 10.7 Å². The quantitative estimate of drug-likeness (QED) is 0.904. The molecule has 3 rings (SSSR count). The topological polar surface area (TPSA) is 41.6 Å². The van der Waals surface area contributed by atoms with Gasteiger partial charge in [0.15, 0.2) is 17.6 Å². The van der Waals surface area contributed by atoms with E-state index in [-0.39, 0.29) is 6.04 Å². The highest BCUT2D eigenvalue weighted by Gasteiger charge is 2.45. The van der Waals surface area contributed by atoms with Gasteiger partial charge < -0.3 is 10.6 Å². The molecule has 0 radical (unpaired) electrons. The fourth-order valence-electron chi connectivity index (χ4n) is 3.53. The first-order chi connectivity index (χ1) is 9.54. The Kier molecular flexibility index (Phi) is 3.15. The van der Waals surface area contributed by atoms with Crippen molar-refractivity contribution in [3.05, 3.63) is 35.4 Å². The van der Waals surface area contributed by atoms with E-state index in [0.29, 0.717) is 18.1 Å². The molecule has 1 aromatic carbocycles. The summed E-state index contributed by atoms with van der Waals surface area (Å²) in [6.45, 7) is 2.27. The van der Waals surface area contributed by atoms with Crippen molar-refractivity contribution in [2.75, 3.05) is 6.54 Å². The van der Waals surface area contributed by atoms with E-state index in [2.05, 4.69) is 4.99 Å². The van der Waals surface area contributed by atoms with Crippen molar-refractivity contribution in [2.45, 2.75) is 44.2 Å². The van der Waals surface area contributed by atoms with Crippen LogP contribution in [0, 0.1) is 11.6 Å². The molecule has 0 bridgehead atoms. The van der Waals surface area contributed by atoms with Gasteiger partial charge in [0.05, 0.1) is 12.1 Å². The molecule has 0 aromatic heterocycles. The Morgan fingerprint density at radius 3 is 2.70 bits per heavy atom. The molecule has 0 amide bonds. The van der Waals surface area contributed by atoms with Crippen molar-refractivity contribution < 1.29 is 8.78 Å². The summed E-state index contributed by atoms with van der Waals surface area (Å²) in [6, 6.07) is 4.59. The SMILES string of the molecule is CC1(c2cccc(F)c2F)CN=C(N)N1C1CCCC1. The van der Waals surface area contributed by atoms with Gasteiger partial charge in [-0.3, -0.25) is 4.99 Å². The van der Waals surface area contributed by atoms with Crippen LogP contribution in [0.5, 0.6) is 0 Å². The number of guanidine groups is 1. The monoisotopic (exact) mass is 279 g/mol. The number of hydrogen-bond acceptors (Lipinski definition) is 3. The number of benzene rings is 1. The molecule has 0 saturated heterocycles. The first-order valence-electron chi connectivity index (χ1n) is 7.08. The fraction of sp³-hybridized carbons (Fsp3) is 0.533. The van der Waals surface area contributed by atoms with Crippen LogP contribution in [-0.4, -0.2) is 23.4 Å². The molecular weight excluding hydrogens is 260 g/mol. The summed E-state index contributed by atoms with van der Waals surface area (Å²) in [6.07, 6.45) is 4.36. The third-order valence-corrected chi connectivity index (χ3v) is 4.55. The van der Waals surface area contributed by atoms with E-state index in [9.17, 15) is 8.78 Å². The molecule has 1 unspecified atom stereocenters. The van der Waals surface area contributed by atoms with Crippen LogP contribution in [0.15, 0.2) is 23.2 Å². The van der Waals surface area contributed by atoms with Crippen molar-refractivity contribution in [1.29, 1.82) is 0 Å². The molecule has 1 aliphatic heterocycles. The van der Waals surface area contributed by atoms with Gasteiger partial charge in [-0.05, 0) is 25.8 Å². The van der Waals surface area contributed by atoms with E-state index in [4.69, 9.17) is 5.73 Å².